The van der Waals surface area contributed by atoms with Crippen LogP contribution in [0.4, 0.5) is 4.70 Å². The molecule has 0 amide bonds. The maximum absolute atomic E-state index is 0. The van der Waals surface area contributed by atoms with Crippen LogP contribution < -0.4 is 0 Å². The quantitative estimate of drug-likeness (QED) is 0.463. The summed E-state index contributed by atoms with van der Waals surface area (Å²) < 4.78 is 0. The van der Waals surface area contributed by atoms with Crippen LogP contribution >= 0.6 is 0 Å². The van der Waals surface area contributed by atoms with Gasteiger partial charge in [0, 0.05) is 45.7 Å². The van der Waals surface area contributed by atoms with E-state index >= 15 is 0 Å². The van der Waals surface area contributed by atoms with Crippen molar-refractivity contribution in [2.24, 2.45) is 0 Å². The summed E-state index contributed by atoms with van der Waals surface area (Å²) >= 11 is 0. The minimum atomic E-state index is 0. The summed E-state index contributed by atoms with van der Waals surface area (Å²) in [4.78, 5) is 0. The number of hydrogen-bond donors (Lipinski definition) is 0. The molecule has 0 aromatic heterocycles. The minimum Gasteiger partial charge on any atom is 0 e. The summed E-state index contributed by atoms with van der Waals surface area (Å²) in [5.74, 6) is 0. The Morgan fingerprint density at radius 2 is 1.00 bits per heavy atom. The molecule has 0 saturated carbocycles. The molecular formula is H2FNaZnZr. The van der Waals surface area contributed by atoms with Crippen LogP contribution in [0.25, 0.3) is 0 Å². The molecule has 0 N–H and O–H groups in total. The van der Waals surface area contributed by atoms with Crippen molar-refractivity contribution in [1.29, 1.82) is 0 Å². The van der Waals surface area contributed by atoms with Crippen LogP contribution in [0, 0.1) is 0 Å². The molecule has 0 spiro atoms. The summed E-state index contributed by atoms with van der Waals surface area (Å²) in [6.07, 6.45) is 0. The maximum atomic E-state index is 0. The summed E-state index contributed by atoms with van der Waals surface area (Å²) in [6.45, 7) is 0. The van der Waals surface area contributed by atoms with Gasteiger partial charge in [-0.25, -0.2) is 0 Å². The second kappa shape index (κ2) is 18.0. The molecule has 0 rings (SSSR count). The van der Waals surface area contributed by atoms with Gasteiger partial charge in [-0.2, -0.15) is 0 Å². The van der Waals surface area contributed by atoms with Crippen LogP contribution in [0.15, 0.2) is 0 Å². The first-order valence-corrected chi connectivity index (χ1v) is 0. The van der Waals surface area contributed by atoms with Crippen molar-refractivity contribution < 1.29 is 50.4 Å². The zero-order chi connectivity index (χ0) is 0. The molecule has 0 aliphatic rings. The van der Waals surface area contributed by atoms with E-state index < -0.39 is 0 Å². The number of rotatable bonds is 0. The van der Waals surface area contributed by atoms with Gasteiger partial charge in [0.2, 0.25) is 0 Å². The van der Waals surface area contributed by atoms with E-state index in [1.807, 2.05) is 0 Å². The number of hydrogen-bond acceptors (Lipinski definition) is 0. The second-order valence-corrected chi connectivity index (χ2v) is 0. The first-order chi connectivity index (χ1) is 0. The monoisotopic (exact) mass is 198 g/mol. The zero-order valence-corrected chi connectivity index (χ0v) is 7.04. The van der Waals surface area contributed by atoms with E-state index in [-0.39, 0.29) is 79.9 Å². The van der Waals surface area contributed by atoms with E-state index in [0.717, 1.165) is 0 Å². The molecule has 0 unspecified atom stereocenters. The Morgan fingerprint density at radius 3 is 1.00 bits per heavy atom. The van der Waals surface area contributed by atoms with E-state index in [1.54, 1.807) is 0 Å². The molecule has 0 heterocycles. The van der Waals surface area contributed by atoms with Gasteiger partial charge in [-0.05, 0) is 0 Å². The van der Waals surface area contributed by atoms with Gasteiger partial charge >= 0.3 is 29.6 Å². The van der Waals surface area contributed by atoms with Crippen molar-refractivity contribution in [3.05, 3.63) is 0 Å². The fraction of sp³-hybridized carbons (Fsp3) is 0. The summed E-state index contributed by atoms with van der Waals surface area (Å²) in [6, 6.07) is 0. The molecule has 0 radical (unpaired) electrons. The van der Waals surface area contributed by atoms with Crippen molar-refractivity contribution in [1.82, 2.24) is 0 Å². The number of halogens is 1. The van der Waals surface area contributed by atoms with E-state index in [4.69, 9.17) is 0 Å². The molecular weight excluding hydrogens is 199 g/mol. The molecule has 4 heteroatoms. The molecule has 0 nitrogen and oxygen atoms in total. The Labute approximate surface area is 78.6 Å². The second-order valence-electron chi connectivity index (χ2n) is 0. The van der Waals surface area contributed by atoms with Crippen molar-refractivity contribution in [3.8, 4) is 0 Å². The Bertz CT molecular complexity index is 8.00. The van der Waals surface area contributed by atoms with Gasteiger partial charge in [0.1, 0.15) is 0 Å². The molecule has 0 bridgehead atoms. The van der Waals surface area contributed by atoms with E-state index in [9.17, 15) is 0 Å². The zero-order valence-electron chi connectivity index (χ0n) is 1.62. The molecule has 4 heavy (non-hydrogen) atoms. The van der Waals surface area contributed by atoms with Crippen molar-refractivity contribution in [3.63, 3.8) is 0 Å². The Balaban J connectivity index is 0. The topological polar surface area (TPSA) is 0 Å². The van der Waals surface area contributed by atoms with Gasteiger partial charge in [-0.3, -0.25) is 4.70 Å². The standard InChI is InChI=1S/FH.Na.Zn.Zr.H/h1H;;;;. The smallest absolute Gasteiger partial charge is 0 e. The summed E-state index contributed by atoms with van der Waals surface area (Å²) in [7, 11) is 0. The molecule has 0 fully saturated rings. The van der Waals surface area contributed by atoms with Gasteiger partial charge < -0.3 is 0 Å². The summed E-state index contributed by atoms with van der Waals surface area (Å²) in [5.41, 5.74) is 0. The van der Waals surface area contributed by atoms with Crippen LogP contribution in [0.3, 0.4) is 0 Å². The first kappa shape index (κ1) is 32.0. The molecule has 0 saturated heterocycles. The van der Waals surface area contributed by atoms with Gasteiger partial charge in [0.05, 0.1) is 0 Å². The Kier molecular flexibility index (Phi) is 144. The maximum Gasteiger partial charge on any atom is 0 e. The fourth-order valence-electron chi connectivity index (χ4n) is 0. The predicted molar refractivity (Wildman–Crippen MR) is 9.65 cm³/mol. The molecule has 0 aromatic rings. The normalized spacial score (nSPS) is 0. The van der Waals surface area contributed by atoms with Gasteiger partial charge in [0.25, 0.3) is 0 Å². The molecule has 0 aliphatic carbocycles. The van der Waals surface area contributed by atoms with Crippen LogP contribution in [-0.4, -0.2) is 29.6 Å². The van der Waals surface area contributed by atoms with E-state index in [2.05, 4.69) is 0 Å². The van der Waals surface area contributed by atoms with Crippen molar-refractivity contribution in [2.75, 3.05) is 0 Å². The SMILES string of the molecule is F.[NaH].[Zn].[Zr]. The first-order valence-electron chi connectivity index (χ1n) is 0. The fourth-order valence-corrected chi connectivity index (χ4v) is 0. The Hall–Kier alpha value is 2.44. The average Bonchev–Trinajstić information content (AvgIpc) is 0. The van der Waals surface area contributed by atoms with Gasteiger partial charge in [-0.15, -0.1) is 0 Å². The minimum absolute atomic E-state index is 0. The summed E-state index contributed by atoms with van der Waals surface area (Å²) in [5, 5.41) is 0. The molecule has 16 valence electrons. The van der Waals surface area contributed by atoms with Crippen LogP contribution in [0.1, 0.15) is 0 Å². The van der Waals surface area contributed by atoms with Crippen molar-refractivity contribution >= 4 is 29.6 Å². The van der Waals surface area contributed by atoms with Crippen LogP contribution in [0.5, 0.6) is 0 Å². The Morgan fingerprint density at radius 1 is 1.00 bits per heavy atom. The average molecular weight is 201 g/mol. The molecule has 0 aromatic carbocycles. The van der Waals surface area contributed by atoms with Crippen LogP contribution in [-0.2, 0) is 45.7 Å². The van der Waals surface area contributed by atoms with Crippen LogP contribution in [0.2, 0.25) is 0 Å². The third-order valence-corrected chi connectivity index (χ3v) is 0. The van der Waals surface area contributed by atoms with Gasteiger partial charge in [-0.1, -0.05) is 0 Å². The predicted octanol–water partition coefficient (Wildman–Crippen LogP) is -0.501. The molecule has 0 aliphatic heterocycles. The van der Waals surface area contributed by atoms with Gasteiger partial charge in [0.15, 0.2) is 0 Å². The third kappa shape index (κ3) is 8.83. The van der Waals surface area contributed by atoms with E-state index in [1.165, 1.54) is 0 Å². The third-order valence-electron chi connectivity index (χ3n) is 0. The van der Waals surface area contributed by atoms with E-state index in [0.29, 0.717) is 0 Å². The largest absolute Gasteiger partial charge is 0 e. The molecule has 0 atom stereocenters. The van der Waals surface area contributed by atoms with Crippen molar-refractivity contribution in [2.45, 2.75) is 0 Å².